The van der Waals surface area contributed by atoms with Gasteiger partial charge in [-0.05, 0) is 13.8 Å². The summed E-state index contributed by atoms with van der Waals surface area (Å²) in [5.74, 6) is 0.688. The molecule has 6 nitrogen and oxygen atoms in total. The van der Waals surface area contributed by atoms with Gasteiger partial charge in [-0.15, -0.1) is 16.4 Å². The van der Waals surface area contributed by atoms with Gasteiger partial charge < -0.3 is 4.74 Å². The maximum atomic E-state index is 11.2. The van der Waals surface area contributed by atoms with Crippen molar-refractivity contribution in [1.29, 1.82) is 0 Å². The molecule has 0 aromatic carbocycles. The first-order valence-corrected chi connectivity index (χ1v) is 7.78. The zero-order valence-electron chi connectivity index (χ0n) is 11.0. The molecule has 104 valence electrons. The molecule has 2 rings (SSSR count). The number of hydrogen-bond donors (Lipinski definition) is 1. The topological polar surface area (TPSA) is 72.8 Å². The summed E-state index contributed by atoms with van der Waals surface area (Å²) in [4.78, 5) is 15.7. The highest BCUT2D eigenvalue weighted by atomic mass is 32.2. The molecule has 0 aliphatic carbocycles. The lowest BCUT2D eigenvalue weighted by molar-refractivity contribution is 0.0761. The van der Waals surface area contributed by atoms with E-state index in [0.717, 1.165) is 10.7 Å². The van der Waals surface area contributed by atoms with E-state index in [1.54, 1.807) is 18.4 Å². The predicted octanol–water partition coefficient (Wildman–Crippen LogP) is 1.95. The fourth-order valence-corrected chi connectivity index (χ4v) is 3.24. The molecule has 0 aliphatic rings. The molecule has 0 fully saturated rings. The van der Waals surface area contributed by atoms with Crippen LogP contribution < -0.4 is 5.69 Å². The van der Waals surface area contributed by atoms with Crippen molar-refractivity contribution in [3.05, 3.63) is 26.6 Å². The molecule has 0 amide bonds. The lowest BCUT2D eigenvalue weighted by atomic mass is 10.4. The number of nitrogens with one attached hydrogen (secondary N) is 1. The van der Waals surface area contributed by atoms with Crippen LogP contribution in [0.15, 0.2) is 15.3 Å². The smallest absolute Gasteiger partial charge is 0.343 e. The molecular weight excluding hydrogens is 284 g/mol. The highest BCUT2D eigenvalue weighted by Crippen LogP contribution is 2.25. The van der Waals surface area contributed by atoms with Crippen molar-refractivity contribution in [3.63, 3.8) is 0 Å². The number of aromatic amines is 1. The molecule has 0 saturated heterocycles. The second-order valence-corrected chi connectivity index (χ2v) is 5.77. The highest BCUT2D eigenvalue weighted by molar-refractivity contribution is 7.98. The molecule has 0 unspecified atom stereocenters. The molecule has 2 aromatic rings. The Hall–Kier alpha value is -1.12. The van der Waals surface area contributed by atoms with Crippen molar-refractivity contribution < 1.29 is 4.74 Å². The van der Waals surface area contributed by atoms with Crippen molar-refractivity contribution in [2.45, 2.75) is 30.9 Å². The van der Waals surface area contributed by atoms with E-state index in [2.05, 4.69) is 15.2 Å². The molecule has 8 heteroatoms. The summed E-state index contributed by atoms with van der Waals surface area (Å²) in [5.41, 5.74) is 0.776. The second kappa shape index (κ2) is 6.36. The lowest BCUT2D eigenvalue weighted by Crippen LogP contribution is -2.12. The summed E-state index contributed by atoms with van der Waals surface area (Å²) in [6.07, 6.45) is 0.0310. The van der Waals surface area contributed by atoms with Crippen molar-refractivity contribution in [3.8, 4) is 0 Å². The van der Waals surface area contributed by atoms with Gasteiger partial charge in [-0.1, -0.05) is 11.8 Å². The Morgan fingerprint density at radius 3 is 3.05 bits per heavy atom. The second-order valence-electron chi connectivity index (χ2n) is 3.93. The summed E-state index contributed by atoms with van der Waals surface area (Å²) >= 11 is 3.08. The lowest BCUT2D eigenvalue weighted by Gasteiger charge is -2.06. The van der Waals surface area contributed by atoms with Gasteiger partial charge in [-0.25, -0.2) is 14.9 Å². The number of hydrogen-bond acceptors (Lipinski definition) is 6. The predicted molar refractivity (Wildman–Crippen MR) is 75.5 cm³/mol. The van der Waals surface area contributed by atoms with E-state index in [-0.39, 0.29) is 11.8 Å². The third-order valence-corrected chi connectivity index (χ3v) is 4.64. The van der Waals surface area contributed by atoms with Crippen LogP contribution in [0.1, 0.15) is 30.7 Å². The first kappa shape index (κ1) is 14.3. The van der Waals surface area contributed by atoms with E-state index in [1.165, 1.54) is 16.3 Å². The van der Waals surface area contributed by atoms with Crippen LogP contribution in [-0.4, -0.2) is 26.4 Å². The van der Waals surface area contributed by atoms with Crippen LogP contribution >= 0.6 is 23.1 Å². The molecule has 1 N–H and O–H groups in total. The minimum absolute atomic E-state index is 0.0310. The van der Waals surface area contributed by atoms with Gasteiger partial charge in [0, 0.05) is 24.8 Å². The zero-order chi connectivity index (χ0) is 13.8. The highest BCUT2D eigenvalue weighted by Gasteiger charge is 2.11. The van der Waals surface area contributed by atoms with E-state index in [9.17, 15) is 4.79 Å². The number of nitrogens with zero attached hydrogens (tertiary/aromatic N) is 3. The molecular formula is C11H16N4O2S2. The van der Waals surface area contributed by atoms with Gasteiger partial charge in [0.15, 0.2) is 5.16 Å². The largest absolute Gasteiger partial charge is 0.372 e. The Morgan fingerprint density at radius 1 is 1.63 bits per heavy atom. The van der Waals surface area contributed by atoms with Crippen LogP contribution in [0.3, 0.4) is 0 Å². The summed E-state index contributed by atoms with van der Waals surface area (Å²) in [6.45, 7) is 4.65. The third kappa shape index (κ3) is 3.46. The van der Waals surface area contributed by atoms with Gasteiger partial charge in [0.25, 0.3) is 0 Å². The van der Waals surface area contributed by atoms with E-state index >= 15 is 0 Å². The summed E-state index contributed by atoms with van der Waals surface area (Å²) < 4.78 is 6.99. The number of thiazole rings is 1. The number of aromatic nitrogens is 4. The monoisotopic (exact) mass is 300 g/mol. The molecule has 1 atom stereocenters. The van der Waals surface area contributed by atoms with Crippen LogP contribution in [0, 0.1) is 0 Å². The summed E-state index contributed by atoms with van der Waals surface area (Å²) in [5, 5.41) is 10.0. The van der Waals surface area contributed by atoms with Gasteiger partial charge in [0.05, 0.1) is 5.69 Å². The average molecular weight is 300 g/mol. The van der Waals surface area contributed by atoms with Crippen molar-refractivity contribution in [2.75, 3.05) is 6.61 Å². The molecule has 19 heavy (non-hydrogen) atoms. The molecule has 0 spiro atoms. The molecule has 0 saturated carbocycles. The number of thioether (sulfide) groups is 1. The Labute approximate surface area is 119 Å². The maximum Gasteiger partial charge on any atom is 0.343 e. The Morgan fingerprint density at radius 2 is 2.42 bits per heavy atom. The van der Waals surface area contributed by atoms with Crippen LogP contribution in [0.5, 0.6) is 0 Å². The fraction of sp³-hybridized carbons (Fsp3) is 0.545. The van der Waals surface area contributed by atoms with E-state index in [0.29, 0.717) is 17.5 Å². The molecule has 2 heterocycles. The van der Waals surface area contributed by atoms with Gasteiger partial charge in [-0.3, -0.25) is 4.57 Å². The van der Waals surface area contributed by atoms with E-state index in [4.69, 9.17) is 4.74 Å². The van der Waals surface area contributed by atoms with Crippen LogP contribution in [0.2, 0.25) is 0 Å². The normalized spacial score (nSPS) is 12.8. The van der Waals surface area contributed by atoms with E-state index in [1.807, 2.05) is 19.2 Å². The van der Waals surface area contributed by atoms with Crippen molar-refractivity contribution in [2.24, 2.45) is 7.05 Å². The van der Waals surface area contributed by atoms with Crippen LogP contribution in [0.25, 0.3) is 0 Å². The van der Waals surface area contributed by atoms with Crippen LogP contribution in [-0.2, 0) is 17.5 Å². The minimum Gasteiger partial charge on any atom is -0.372 e. The molecule has 2 aromatic heterocycles. The Kier molecular flexibility index (Phi) is 4.78. The number of H-pyrrole nitrogens is 1. The summed E-state index contributed by atoms with van der Waals surface area (Å²) in [7, 11) is 1.69. The molecule has 0 radical (unpaired) electrons. The summed E-state index contributed by atoms with van der Waals surface area (Å²) in [6, 6.07) is 0. The van der Waals surface area contributed by atoms with E-state index < -0.39 is 0 Å². The Balaban J connectivity index is 1.97. The molecule has 0 aliphatic heterocycles. The van der Waals surface area contributed by atoms with Gasteiger partial charge in [0.1, 0.15) is 11.1 Å². The standard InChI is InChI=1S/C11H16N4O2S2/c1-4-17-7(2)9-12-8(5-18-9)6-19-11-14-13-10(16)15(11)3/h5,7H,4,6H2,1-3H3,(H,13,16)/t7-/m1/s1. The number of ether oxygens (including phenoxy) is 1. The minimum atomic E-state index is -0.202. The van der Waals surface area contributed by atoms with Gasteiger partial charge in [-0.2, -0.15) is 0 Å². The zero-order valence-corrected chi connectivity index (χ0v) is 12.7. The van der Waals surface area contributed by atoms with Crippen molar-refractivity contribution >= 4 is 23.1 Å². The van der Waals surface area contributed by atoms with Crippen LogP contribution in [0.4, 0.5) is 0 Å². The SMILES string of the molecule is CCO[C@H](C)c1nc(CSc2n[nH]c(=O)n2C)cs1. The fourth-order valence-electron chi connectivity index (χ4n) is 1.50. The third-order valence-electron chi connectivity index (χ3n) is 2.52. The van der Waals surface area contributed by atoms with Gasteiger partial charge >= 0.3 is 5.69 Å². The maximum absolute atomic E-state index is 11.2. The number of rotatable bonds is 6. The first-order valence-electron chi connectivity index (χ1n) is 5.92. The Bertz CT molecular complexity index is 590. The van der Waals surface area contributed by atoms with Gasteiger partial charge in [0.2, 0.25) is 0 Å². The first-order chi connectivity index (χ1) is 9.11. The quantitative estimate of drug-likeness (QED) is 0.826. The average Bonchev–Trinajstić information content (AvgIpc) is 2.97. The molecule has 0 bridgehead atoms. The van der Waals surface area contributed by atoms with Crippen molar-refractivity contribution in [1.82, 2.24) is 19.7 Å².